The smallest absolute Gasteiger partial charge is 0.306 e. The highest BCUT2D eigenvalue weighted by molar-refractivity contribution is 6.20. The lowest BCUT2D eigenvalue weighted by atomic mass is 9.86. The molecule has 2 aliphatic carbocycles. The van der Waals surface area contributed by atoms with Crippen LogP contribution < -0.4 is 26.6 Å². The number of carbonyl (C=O) groups is 2. The van der Waals surface area contributed by atoms with Gasteiger partial charge in [-0.25, -0.2) is 0 Å². The molecule has 0 aromatic heterocycles. The molecular weight excluding hydrogens is 374 g/mol. The molecule has 1 aliphatic heterocycles. The van der Waals surface area contributed by atoms with Crippen LogP contribution in [0.1, 0.15) is 51.4 Å². The highest BCUT2D eigenvalue weighted by atomic mass is 35.5. The van der Waals surface area contributed by atoms with E-state index in [2.05, 4.69) is 26.6 Å². The van der Waals surface area contributed by atoms with Gasteiger partial charge in [-0.2, -0.15) is 0 Å². The molecule has 1 heterocycles. The maximum absolute atomic E-state index is 11.1. The van der Waals surface area contributed by atoms with E-state index < -0.39 is 17.6 Å². The number of nitrogens with one attached hydrogen (secondary N) is 5. The lowest BCUT2D eigenvalue weighted by Crippen LogP contribution is -2.75. The second kappa shape index (κ2) is 9.49. The molecule has 2 atom stereocenters. The van der Waals surface area contributed by atoms with Crippen LogP contribution in [0.15, 0.2) is 0 Å². The van der Waals surface area contributed by atoms with Crippen molar-refractivity contribution in [2.75, 3.05) is 0 Å². The quantitative estimate of drug-likeness (QED) is 0.247. The summed E-state index contributed by atoms with van der Waals surface area (Å²) < 4.78 is 0. The van der Waals surface area contributed by atoms with E-state index in [0.717, 1.165) is 25.7 Å². The SMILES string of the molecule is O=C(O)C1CCC(NC2NC(Cl)NC(NC3CCC(C(=O)O)CC3)N2)CC1. The first-order chi connectivity index (χ1) is 12.9. The maximum Gasteiger partial charge on any atom is 0.306 e. The Labute approximate surface area is 164 Å². The molecule has 1 saturated heterocycles. The van der Waals surface area contributed by atoms with Crippen molar-refractivity contribution in [3.63, 3.8) is 0 Å². The summed E-state index contributed by atoms with van der Waals surface area (Å²) in [5.41, 5.74) is -0.410. The van der Waals surface area contributed by atoms with Crippen LogP contribution in [-0.4, -0.2) is 52.4 Å². The van der Waals surface area contributed by atoms with E-state index in [4.69, 9.17) is 21.8 Å². The van der Waals surface area contributed by atoms with Gasteiger partial charge in [-0.05, 0) is 51.4 Å². The fourth-order valence-electron chi connectivity index (χ4n) is 4.28. The van der Waals surface area contributed by atoms with Gasteiger partial charge < -0.3 is 10.2 Å². The van der Waals surface area contributed by atoms with Crippen LogP contribution in [0.4, 0.5) is 0 Å². The average molecular weight is 404 g/mol. The fraction of sp³-hybridized carbons (Fsp3) is 0.882. The van der Waals surface area contributed by atoms with Crippen molar-refractivity contribution in [2.45, 2.75) is 81.7 Å². The first-order valence-corrected chi connectivity index (χ1v) is 10.2. The molecule has 0 amide bonds. The van der Waals surface area contributed by atoms with Crippen molar-refractivity contribution in [1.29, 1.82) is 0 Å². The molecule has 27 heavy (non-hydrogen) atoms. The minimum Gasteiger partial charge on any atom is -0.481 e. The van der Waals surface area contributed by atoms with E-state index >= 15 is 0 Å². The first-order valence-electron chi connectivity index (χ1n) is 9.80. The van der Waals surface area contributed by atoms with Crippen LogP contribution in [0.5, 0.6) is 0 Å². The van der Waals surface area contributed by atoms with Gasteiger partial charge in [0.15, 0.2) is 0 Å². The zero-order valence-corrected chi connectivity index (χ0v) is 16.0. The van der Waals surface area contributed by atoms with Gasteiger partial charge in [0.05, 0.1) is 11.8 Å². The van der Waals surface area contributed by atoms with Crippen molar-refractivity contribution >= 4 is 23.5 Å². The largest absolute Gasteiger partial charge is 0.481 e. The van der Waals surface area contributed by atoms with Crippen molar-refractivity contribution < 1.29 is 19.8 Å². The molecule has 3 aliphatic rings. The Morgan fingerprint density at radius 1 is 0.704 bits per heavy atom. The summed E-state index contributed by atoms with van der Waals surface area (Å²) in [6.45, 7) is 0. The molecule has 9 nitrogen and oxygen atoms in total. The standard InChI is InChI=1S/C17H30ClN5O4/c18-15-21-16(19-11-5-1-9(2-6-11)13(24)25)23-17(22-15)20-12-7-3-10(4-8-12)14(26)27/h9-12,15-17,19-23H,1-8H2,(H,24,25)(H,26,27). The zero-order valence-electron chi connectivity index (χ0n) is 15.3. The second-order valence-corrected chi connectivity index (χ2v) is 8.27. The Balaban J connectivity index is 1.43. The third-order valence-electron chi connectivity index (χ3n) is 5.92. The van der Waals surface area contributed by atoms with E-state index in [0.29, 0.717) is 25.7 Å². The Morgan fingerprint density at radius 2 is 1.07 bits per heavy atom. The second-order valence-electron chi connectivity index (χ2n) is 7.84. The maximum atomic E-state index is 11.1. The highest BCUT2D eigenvalue weighted by Crippen LogP contribution is 2.25. The molecular formula is C17H30ClN5O4. The molecule has 3 rings (SSSR count). The van der Waals surface area contributed by atoms with Gasteiger partial charge in [-0.3, -0.25) is 36.2 Å². The van der Waals surface area contributed by atoms with E-state index in [9.17, 15) is 9.59 Å². The molecule has 7 N–H and O–H groups in total. The van der Waals surface area contributed by atoms with E-state index in [1.165, 1.54) is 0 Å². The molecule has 10 heteroatoms. The summed E-state index contributed by atoms with van der Waals surface area (Å²) in [6, 6.07) is 0.499. The minimum atomic E-state index is -0.700. The van der Waals surface area contributed by atoms with Crippen LogP contribution in [0.3, 0.4) is 0 Å². The summed E-state index contributed by atoms with van der Waals surface area (Å²) in [5.74, 6) is -1.86. The molecule has 2 unspecified atom stereocenters. The van der Waals surface area contributed by atoms with Gasteiger partial charge in [0, 0.05) is 12.1 Å². The number of rotatable bonds is 6. The first kappa shape index (κ1) is 20.8. The number of halogens is 1. The topological polar surface area (TPSA) is 135 Å². The van der Waals surface area contributed by atoms with E-state index in [1.807, 2.05) is 0 Å². The lowest BCUT2D eigenvalue weighted by molar-refractivity contribution is -0.143. The van der Waals surface area contributed by atoms with Crippen molar-refractivity contribution in [3.05, 3.63) is 0 Å². The van der Waals surface area contributed by atoms with E-state index in [-0.39, 0.29) is 36.5 Å². The lowest BCUT2D eigenvalue weighted by Gasteiger charge is -2.41. The monoisotopic (exact) mass is 403 g/mol. The van der Waals surface area contributed by atoms with Crippen molar-refractivity contribution in [2.24, 2.45) is 11.8 Å². The molecule has 2 saturated carbocycles. The Morgan fingerprint density at radius 3 is 1.41 bits per heavy atom. The highest BCUT2D eigenvalue weighted by Gasteiger charge is 2.32. The van der Waals surface area contributed by atoms with Crippen LogP contribution in [0.2, 0.25) is 0 Å². The number of hydrogen-bond donors (Lipinski definition) is 7. The third-order valence-corrected chi connectivity index (χ3v) is 6.17. The summed E-state index contributed by atoms with van der Waals surface area (Å²) in [4.78, 5) is 22.1. The summed E-state index contributed by atoms with van der Waals surface area (Å²) >= 11 is 6.27. The average Bonchev–Trinajstić information content (AvgIpc) is 2.62. The van der Waals surface area contributed by atoms with Crippen LogP contribution in [0.25, 0.3) is 0 Å². The molecule has 0 radical (unpaired) electrons. The summed E-state index contributed by atoms with van der Waals surface area (Å²) in [5, 5.41) is 34.9. The number of carboxylic acids is 2. The van der Waals surface area contributed by atoms with Gasteiger partial charge in [0.2, 0.25) is 0 Å². The molecule has 154 valence electrons. The van der Waals surface area contributed by atoms with Crippen molar-refractivity contribution in [1.82, 2.24) is 26.6 Å². The molecule has 0 spiro atoms. The predicted molar refractivity (Wildman–Crippen MR) is 99.7 cm³/mol. The fourth-order valence-corrected chi connectivity index (χ4v) is 4.53. The van der Waals surface area contributed by atoms with Crippen LogP contribution >= 0.6 is 11.6 Å². The van der Waals surface area contributed by atoms with Crippen LogP contribution in [-0.2, 0) is 9.59 Å². The Bertz CT molecular complexity index is 479. The molecule has 0 aromatic carbocycles. The van der Waals surface area contributed by atoms with Crippen molar-refractivity contribution in [3.8, 4) is 0 Å². The van der Waals surface area contributed by atoms with Gasteiger partial charge >= 0.3 is 11.9 Å². The van der Waals surface area contributed by atoms with E-state index in [1.54, 1.807) is 0 Å². The zero-order chi connectivity index (χ0) is 19.4. The van der Waals surface area contributed by atoms with Gasteiger partial charge in [-0.15, -0.1) is 0 Å². The molecule has 0 aromatic rings. The van der Waals surface area contributed by atoms with Crippen LogP contribution in [0, 0.1) is 11.8 Å². The summed E-state index contributed by atoms with van der Waals surface area (Å²) in [7, 11) is 0. The van der Waals surface area contributed by atoms with Gasteiger partial charge in [-0.1, -0.05) is 11.6 Å². The molecule has 3 fully saturated rings. The van der Waals surface area contributed by atoms with Gasteiger partial charge in [0.1, 0.15) is 18.2 Å². The Kier molecular flexibility index (Phi) is 7.29. The molecule has 0 bridgehead atoms. The number of alkyl halides is 1. The Hall–Kier alpha value is -0.970. The number of carboxylic acid groups (broad SMARTS) is 2. The number of hydrogen-bond acceptors (Lipinski definition) is 7. The minimum absolute atomic E-state index is 0.187. The van der Waals surface area contributed by atoms with Gasteiger partial charge in [0.25, 0.3) is 0 Å². The summed E-state index contributed by atoms with van der Waals surface area (Å²) in [6.07, 6.45) is 5.70. The normalized spacial score (nSPS) is 40.4. The predicted octanol–water partition coefficient (Wildman–Crippen LogP) is 0.324. The third kappa shape index (κ3) is 6.00. The number of aliphatic carboxylic acids is 2.